The molecule has 0 aromatic carbocycles. The molecule has 0 aliphatic heterocycles. The molecular formula is C9H19NOTe. The average molecular weight is 285 g/mol. The van der Waals surface area contributed by atoms with E-state index in [0.29, 0.717) is 3.96 Å². The van der Waals surface area contributed by atoms with Gasteiger partial charge in [-0.1, -0.05) is 0 Å². The third-order valence-corrected chi connectivity index (χ3v) is 4.74. The molecular weight excluding hydrogens is 266 g/mol. The normalized spacial score (nSPS) is 9.92. The first-order chi connectivity index (χ1) is 5.68. The molecule has 0 spiro atoms. The van der Waals surface area contributed by atoms with Gasteiger partial charge in [0, 0.05) is 0 Å². The number of amides is 1. The Kier molecular flexibility index (Phi) is 8.06. The summed E-state index contributed by atoms with van der Waals surface area (Å²) in [7, 11) is 3.69. The summed E-state index contributed by atoms with van der Waals surface area (Å²) in [5.41, 5.74) is 0. The minimum absolute atomic E-state index is 0.378. The summed E-state index contributed by atoms with van der Waals surface area (Å²) in [5.74, 6) is 0. The van der Waals surface area contributed by atoms with Gasteiger partial charge in [-0.3, -0.25) is 0 Å². The van der Waals surface area contributed by atoms with Gasteiger partial charge in [-0.2, -0.15) is 0 Å². The summed E-state index contributed by atoms with van der Waals surface area (Å²) in [4.78, 5) is 12.9. The van der Waals surface area contributed by atoms with E-state index >= 15 is 0 Å². The van der Waals surface area contributed by atoms with Crippen molar-refractivity contribution >= 4 is 24.9 Å². The number of hydrogen-bond acceptors (Lipinski definition) is 1. The number of rotatable bonds is 6. The van der Waals surface area contributed by atoms with Gasteiger partial charge >= 0.3 is 85.7 Å². The van der Waals surface area contributed by atoms with Crippen molar-refractivity contribution in [1.82, 2.24) is 4.90 Å². The van der Waals surface area contributed by atoms with Crippen molar-refractivity contribution < 1.29 is 4.79 Å². The molecule has 0 rings (SSSR count). The first kappa shape index (κ1) is 12.3. The summed E-state index contributed by atoms with van der Waals surface area (Å²) in [6.45, 7) is 2.21. The van der Waals surface area contributed by atoms with E-state index in [9.17, 15) is 4.79 Å². The van der Waals surface area contributed by atoms with E-state index in [1.54, 1.807) is 4.90 Å². The average Bonchev–Trinajstić information content (AvgIpc) is 2.03. The Morgan fingerprint density at radius 2 is 1.92 bits per heavy atom. The van der Waals surface area contributed by atoms with Crippen LogP contribution in [-0.2, 0) is 0 Å². The van der Waals surface area contributed by atoms with Crippen LogP contribution in [0.3, 0.4) is 0 Å². The van der Waals surface area contributed by atoms with Crippen LogP contribution in [0.5, 0.6) is 0 Å². The zero-order chi connectivity index (χ0) is 9.40. The zero-order valence-electron chi connectivity index (χ0n) is 8.30. The molecule has 0 fully saturated rings. The van der Waals surface area contributed by atoms with Gasteiger partial charge in [-0.25, -0.2) is 0 Å². The fraction of sp³-hybridized carbons (Fsp3) is 0.889. The molecule has 0 aromatic heterocycles. The van der Waals surface area contributed by atoms with Gasteiger partial charge in [0.1, 0.15) is 0 Å². The van der Waals surface area contributed by atoms with E-state index in [1.165, 1.54) is 30.2 Å². The van der Waals surface area contributed by atoms with E-state index in [0.717, 1.165) is 0 Å². The predicted molar refractivity (Wildman–Crippen MR) is 53.8 cm³/mol. The molecule has 12 heavy (non-hydrogen) atoms. The van der Waals surface area contributed by atoms with Crippen molar-refractivity contribution in [3.63, 3.8) is 0 Å². The third kappa shape index (κ3) is 6.94. The summed E-state index contributed by atoms with van der Waals surface area (Å²) < 4.78 is 1.57. The molecule has 0 N–H and O–H groups in total. The molecule has 0 saturated heterocycles. The Hall–Kier alpha value is 0.260. The van der Waals surface area contributed by atoms with Gasteiger partial charge in [0.25, 0.3) is 0 Å². The van der Waals surface area contributed by atoms with Crippen LogP contribution < -0.4 is 0 Å². The Balaban J connectivity index is 3.14. The summed E-state index contributed by atoms with van der Waals surface area (Å²) in [6.07, 6.45) is 5.17. The van der Waals surface area contributed by atoms with Gasteiger partial charge in [0.2, 0.25) is 0 Å². The molecule has 0 aliphatic rings. The van der Waals surface area contributed by atoms with Crippen LogP contribution in [0.15, 0.2) is 0 Å². The van der Waals surface area contributed by atoms with Gasteiger partial charge in [0.15, 0.2) is 0 Å². The Labute approximate surface area is 85.8 Å². The van der Waals surface area contributed by atoms with Crippen LogP contribution in [0.1, 0.15) is 32.6 Å². The molecule has 0 radical (unpaired) electrons. The monoisotopic (exact) mass is 287 g/mol. The first-order valence-corrected chi connectivity index (χ1v) is 7.34. The SMILES string of the molecule is CCCCCC[Te]C(=O)N(C)C. The van der Waals surface area contributed by atoms with E-state index in [2.05, 4.69) is 6.92 Å². The molecule has 0 bridgehead atoms. The van der Waals surface area contributed by atoms with Gasteiger partial charge in [0.05, 0.1) is 0 Å². The predicted octanol–water partition coefficient (Wildman–Crippen LogP) is 2.37. The van der Waals surface area contributed by atoms with Crippen molar-refractivity contribution in [3.8, 4) is 0 Å². The van der Waals surface area contributed by atoms with Crippen LogP contribution in [0.25, 0.3) is 0 Å². The van der Waals surface area contributed by atoms with Crippen molar-refractivity contribution in [2.75, 3.05) is 14.1 Å². The zero-order valence-corrected chi connectivity index (χ0v) is 10.6. The third-order valence-electron chi connectivity index (χ3n) is 1.59. The molecule has 72 valence electrons. The van der Waals surface area contributed by atoms with Crippen molar-refractivity contribution in [1.29, 1.82) is 0 Å². The topological polar surface area (TPSA) is 20.3 Å². The van der Waals surface area contributed by atoms with Crippen LogP contribution in [-0.4, -0.2) is 43.9 Å². The van der Waals surface area contributed by atoms with Gasteiger partial charge in [-0.15, -0.1) is 0 Å². The van der Waals surface area contributed by atoms with E-state index in [1.807, 2.05) is 14.1 Å². The number of hydrogen-bond donors (Lipinski definition) is 0. The minimum atomic E-state index is -0.378. The molecule has 0 unspecified atom stereocenters. The first-order valence-electron chi connectivity index (χ1n) is 4.52. The van der Waals surface area contributed by atoms with Crippen molar-refractivity contribution in [2.45, 2.75) is 37.1 Å². The van der Waals surface area contributed by atoms with Crippen LogP contribution in [0.4, 0.5) is 4.79 Å². The second kappa shape index (κ2) is 7.89. The van der Waals surface area contributed by atoms with Crippen molar-refractivity contribution in [3.05, 3.63) is 0 Å². The summed E-state index contributed by atoms with van der Waals surface area (Å²) >= 11 is -0.378. The van der Waals surface area contributed by atoms with Crippen LogP contribution >= 0.6 is 0 Å². The molecule has 2 nitrogen and oxygen atoms in total. The molecule has 0 atom stereocenters. The quantitative estimate of drug-likeness (QED) is 0.542. The Morgan fingerprint density at radius 1 is 1.25 bits per heavy atom. The maximum atomic E-state index is 11.2. The fourth-order valence-electron chi connectivity index (χ4n) is 0.817. The second-order valence-corrected chi connectivity index (χ2v) is 6.06. The Bertz CT molecular complexity index is 126. The van der Waals surface area contributed by atoms with Crippen molar-refractivity contribution in [2.24, 2.45) is 0 Å². The number of carbonyl (C=O) groups is 1. The summed E-state index contributed by atoms with van der Waals surface area (Å²) in [6, 6.07) is 0. The van der Waals surface area contributed by atoms with Gasteiger partial charge in [-0.05, 0) is 0 Å². The van der Waals surface area contributed by atoms with E-state index in [-0.39, 0.29) is 20.9 Å². The Morgan fingerprint density at radius 3 is 2.42 bits per heavy atom. The van der Waals surface area contributed by atoms with Crippen LogP contribution in [0, 0.1) is 0 Å². The molecule has 0 aliphatic carbocycles. The van der Waals surface area contributed by atoms with E-state index < -0.39 is 0 Å². The molecule has 3 heteroatoms. The molecule has 0 saturated carbocycles. The molecule has 0 heterocycles. The molecule has 1 amide bonds. The number of unbranched alkanes of at least 4 members (excludes halogenated alkanes) is 3. The van der Waals surface area contributed by atoms with Crippen LogP contribution in [0.2, 0.25) is 4.47 Å². The second-order valence-electron chi connectivity index (χ2n) is 3.07. The summed E-state index contributed by atoms with van der Waals surface area (Å²) in [5, 5.41) is 0. The number of carbonyl (C=O) groups excluding carboxylic acids is 1. The van der Waals surface area contributed by atoms with Gasteiger partial charge < -0.3 is 0 Å². The fourth-order valence-corrected chi connectivity index (χ4v) is 3.05. The molecule has 0 aromatic rings. The maximum absolute atomic E-state index is 11.2. The standard InChI is InChI=1S/C9H19NOTe/c1-4-5-6-7-8-12-9(11)10(2)3/h4-8H2,1-3H3. The van der Waals surface area contributed by atoms with E-state index in [4.69, 9.17) is 0 Å². The number of nitrogens with zero attached hydrogens (tertiary/aromatic N) is 1.